The lowest BCUT2D eigenvalue weighted by Gasteiger charge is -2.66. The van der Waals surface area contributed by atoms with Crippen molar-refractivity contribution in [1.29, 1.82) is 0 Å². The number of ketones is 1. The average Bonchev–Trinajstić information content (AvgIpc) is 3.05. The van der Waals surface area contributed by atoms with E-state index in [1.165, 1.54) is 32.1 Å². The SMILES string of the molecule is CC1=CC23CC(=O)C4C5(C)CCCC46C(C2CC1CC36)N1CCOC15. The van der Waals surface area contributed by atoms with Gasteiger partial charge in [-0.2, -0.15) is 0 Å². The number of hydrogen-bond acceptors (Lipinski definition) is 3. The van der Waals surface area contributed by atoms with Crippen molar-refractivity contribution in [3.63, 3.8) is 0 Å². The summed E-state index contributed by atoms with van der Waals surface area (Å²) in [4.78, 5) is 16.5. The van der Waals surface area contributed by atoms with Gasteiger partial charge in [0.05, 0.1) is 6.61 Å². The van der Waals surface area contributed by atoms with Gasteiger partial charge in [0.1, 0.15) is 12.0 Å². The fourth-order valence-corrected chi connectivity index (χ4v) is 10.1. The number of nitrogens with zero attached hydrogens (tertiary/aromatic N) is 1. The molecule has 2 heterocycles. The number of hydrogen-bond donors (Lipinski definition) is 0. The summed E-state index contributed by atoms with van der Waals surface area (Å²) in [7, 11) is 0. The Labute approximate surface area is 150 Å². The first-order valence-corrected chi connectivity index (χ1v) is 10.6. The molecule has 25 heavy (non-hydrogen) atoms. The molecule has 9 atom stereocenters. The van der Waals surface area contributed by atoms with Crippen molar-refractivity contribution >= 4 is 5.78 Å². The van der Waals surface area contributed by atoms with E-state index in [9.17, 15) is 4.79 Å². The normalized spacial score (nSPS) is 63.6. The van der Waals surface area contributed by atoms with E-state index in [4.69, 9.17) is 4.74 Å². The minimum atomic E-state index is 0.0550. The molecule has 2 saturated heterocycles. The molecule has 2 spiro atoms. The third-order valence-electron chi connectivity index (χ3n) is 10.3. The number of ether oxygens (including phenoxy) is 1. The molecule has 0 aromatic rings. The van der Waals surface area contributed by atoms with Gasteiger partial charge in [0.2, 0.25) is 0 Å². The second-order valence-electron chi connectivity index (χ2n) is 10.8. The van der Waals surface area contributed by atoms with Gasteiger partial charge >= 0.3 is 0 Å². The van der Waals surface area contributed by atoms with Crippen molar-refractivity contribution in [1.82, 2.24) is 4.90 Å². The van der Waals surface area contributed by atoms with Crippen molar-refractivity contribution in [2.24, 2.45) is 39.9 Å². The van der Waals surface area contributed by atoms with Crippen LogP contribution in [0, 0.1) is 39.9 Å². The largest absolute Gasteiger partial charge is 0.361 e. The molecular weight excluding hydrogens is 310 g/mol. The molecule has 0 aromatic carbocycles. The van der Waals surface area contributed by atoms with Crippen LogP contribution in [0.5, 0.6) is 0 Å². The van der Waals surface area contributed by atoms with Crippen LogP contribution in [0.2, 0.25) is 0 Å². The number of rotatable bonds is 0. The van der Waals surface area contributed by atoms with Crippen molar-refractivity contribution in [3.8, 4) is 0 Å². The number of piperidine rings is 1. The summed E-state index contributed by atoms with van der Waals surface area (Å²) >= 11 is 0. The van der Waals surface area contributed by atoms with E-state index in [1.54, 1.807) is 5.57 Å². The van der Waals surface area contributed by atoms with E-state index in [1.807, 2.05) is 0 Å². The number of Topliss-reactive ketones (excluding diaryl/α,β-unsaturated/α-hetero) is 1. The van der Waals surface area contributed by atoms with E-state index in [0.717, 1.165) is 31.4 Å². The fraction of sp³-hybridized carbons (Fsp3) is 0.864. The van der Waals surface area contributed by atoms with Crippen LogP contribution >= 0.6 is 0 Å². The van der Waals surface area contributed by atoms with Crippen LogP contribution in [0.3, 0.4) is 0 Å². The summed E-state index contributed by atoms with van der Waals surface area (Å²) in [5.74, 6) is 3.14. The van der Waals surface area contributed by atoms with Crippen molar-refractivity contribution in [2.75, 3.05) is 13.2 Å². The quantitative estimate of drug-likeness (QED) is 0.634. The first-order valence-electron chi connectivity index (χ1n) is 10.6. The summed E-state index contributed by atoms with van der Waals surface area (Å²) in [6, 6.07) is 0.615. The topological polar surface area (TPSA) is 29.5 Å². The maximum absolute atomic E-state index is 13.7. The molecule has 8 aliphatic rings. The second-order valence-corrected chi connectivity index (χ2v) is 10.8. The molecule has 0 amide bonds. The lowest BCUT2D eigenvalue weighted by molar-refractivity contribution is -0.232. The molecule has 6 bridgehead atoms. The minimum absolute atomic E-state index is 0.0550. The van der Waals surface area contributed by atoms with Gasteiger partial charge < -0.3 is 4.74 Å². The summed E-state index contributed by atoms with van der Waals surface area (Å²) < 4.78 is 6.36. The average molecular weight is 339 g/mol. The Balaban J connectivity index is 1.56. The molecule has 0 aromatic heterocycles. The second kappa shape index (κ2) is 3.94. The summed E-state index contributed by atoms with van der Waals surface area (Å²) in [6.45, 7) is 6.72. The van der Waals surface area contributed by atoms with Crippen LogP contribution in [-0.2, 0) is 9.53 Å². The third-order valence-corrected chi connectivity index (χ3v) is 10.3. The van der Waals surface area contributed by atoms with Crippen LogP contribution in [0.4, 0.5) is 0 Å². The molecule has 0 N–H and O–H groups in total. The van der Waals surface area contributed by atoms with Crippen molar-refractivity contribution < 1.29 is 9.53 Å². The maximum atomic E-state index is 13.7. The predicted molar refractivity (Wildman–Crippen MR) is 93.6 cm³/mol. The highest BCUT2D eigenvalue weighted by molar-refractivity contribution is 5.87. The molecule has 8 rings (SSSR count). The van der Waals surface area contributed by atoms with Crippen LogP contribution in [0.1, 0.15) is 52.4 Å². The smallest absolute Gasteiger partial charge is 0.138 e. The molecule has 0 radical (unpaired) electrons. The van der Waals surface area contributed by atoms with Gasteiger partial charge in [-0.15, -0.1) is 0 Å². The zero-order valence-electron chi connectivity index (χ0n) is 15.5. The Hall–Kier alpha value is -0.670. The Morgan fingerprint density at radius 1 is 1.28 bits per heavy atom. The number of carbonyl (C=O) groups is 1. The van der Waals surface area contributed by atoms with E-state index in [0.29, 0.717) is 17.7 Å². The zero-order chi connectivity index (χ0) is 16.8. The molecule has 134 valence electrons. The van der Waals surface area contributed by atoms with Gasteiger partial charge in [0.25, 0.3) is 0 Å². The molecular formula is C22H29NO2. The lowest BCUT2D eigenvalue weighted by atomic mass is 9.40. The van der Waals surface area contributed by atoms with Gasteiger partial charge in [0.15, 0.2) is 0 Å². The highest BCUT2D eigenvalue weighted by atomic mass is 16.5. The number of carbonyl (C=O) groups excluding carboxylic acids is 1. The van der Waals surface area contributed by atoms with Crippen LogP contribution in [-0.4, -0.2) is 36.1 Å². The molecule has 4 saturated carbocycles. The Morgan fingerprint density at radius 3 is 3.04 bits per heavy atom. The minimum Gasteiger partial charge on any atom is -0.361 e. The lowest BCUT2D eigenvalue weighted by Crippen LogP contribution is -2.71. The van der Waals surface area contributed by atoms with E-state index < -0.39 is 0 Å². The predicted octanol–water partition coefficient (Wildman–Crippen LogP) is 3.39. The Morgan fingerprint density at radius 2 is 2.16 bits per heavy atom. The molecule has 9 unspecified atom stereocenters. The van der Waals surface area contributed by atoms with E-state index in [2.05, 4.69) is 24.8 Å². The first-order chi connectivity index (χ1) is 12.0. The van der Waals surface area contributed by atoms with Crippen LogP contribution in [0.15, 0.2) is 11.6 Å². The molecule has 3 heteroatoms. The first kappa shape index (κ1) is 14.4. The van der Waals surface area contributed by atoms with Crippen molar-refractivity contribution in [3.05, 3.63) is 11.6 Å². The third kappa shape index (κ3) is 1.22. The zero-order valence-corrected chi connectivity index (χ0v) is 15.5. The Kier molecular flexibility index (Phi) is 2.27. The van der Waals surface area contributed by atoms with Crippen LogP contribution < -0.4 is 0 Å². The van der Waals surface area contributed by atoms with Gasteiger partial charge in [0, 0.05) is 41.2 Å². The summed E-state index contributed by atoms with van der Waals surface area (Å²) in [5.41, 5.74) is 2.12. The summed E-state index contributed by atoms with van der Waals surface area (Å²) in [6.07, 6.45) is 10.2. The van der Waals surface area contributed by atoms with Gasteiger partial charge in [-0.05, 0) is 50.4 Å². The number of fused-ring (bicyclic) bond motifs is 3. The number of allylic oxidation sites excluding steroid dienone is 2. The van der Waals surface area contributed by atoms with Gasteiger partial charge in [-0.25, -0.2) is 0 Å². The molecule has 2 aliphatic heterocycles. The van der Waals surface area contributed by atoms with E-state index in [-0.39, 0.29) is 28.4 Å². The fourth-order valence-electron chi connectivity index (χ4n) is 10.1. The molecule has 6 fully saturated rings. The Bertz CT molecular complexity index is 744. The monoisotopic (exact) mass is 339 g/mol. The maximum Gasteiger partial charge on any atom is 0.138 e. The standard InChI is InChI=1S/C22H29NO2/c1-12-10-21-11-15(24)17-20(2)4-3-5-22(17)16(21)9-13(12)8-14(21)18(22)23-6-7-25-19(20)23/h10,13-14,16-19H,3-9,11H2,1-2H3. The van der Waals surface area contributed by atoms with E-state index >= 15 is 0 Å². The van der Waals surface area contributed by atoms with Crippen LogP contribution in [0.25, 0.3) is 0 Å². The highest BCUT2D eigenvalue weighted by Gasteiger charge is 2.82. The highest BCUT2D eigenvalue weighted by Crippen LogP contribution is 2.81. The van der Waals surface area contributed by atoms with Gasteiger partial charge in [-0.1, -0.05) is 25.0 Å². The van der Waals surface area contributed by atoms with Crippen molar-refractivity contribution in [2.45, 2.75) is 64.6 Å². The summed E-state index contributed by atoms with van der Waals surface area (Å²) in [5, 5.41) is 0. The molecule has 3 nitrogen and oxygen atoms in total. The molecule has 6 aliphatic carbocycles. The van der Waals surface area contributed by atoms with Gasteiger partial charge in [-0.3, -0.25) is 9.69 Å².